The maximum absolute atomic E-state index is 13.2. The van der Waals surface area contributed by atoms with Crippen LogP contribution in [0.5, 0.6) is 5.75 Å². The molecule has 3 rings (SSSR count). The molecule has 0 bridgehead atoms. The number of nitrogens with zero attached hydrogens (tertiary/aromatic N) is 1. The van der Waals surface area contributed by atoms with Gasteiger partial charge in [0.25, 0.3) is 11.8 Å². The molecule has 0 saturated carbocycles. The fraction of sp³-hybridized carbons (Fsp3) is 0.200. The Morgan fingerprint density at radius 2 is 2.11 bits per heavy atom. The Hall–Kier alpha value is -3.55. The molecule has 0 unspecified atom stereocenters. The van der Waals surface area contributed by atoms with E-state index in [0.29, 0.717) is 23.5 Å². The van der Waals surface area contributed by atoms with Gasteiger partial charge in [-0.1, -0.05) is 24.3 Å². The highest BCUT2D eigenvalue weighted by atomic mass is 19.1. The lowest BCUT2D eigenvalue weighted by Crippen LogP contribution is -2.50. The van der Waals surface area contributed by atoms with Crippen LogP contribution in [0.15, 0.2) is 60.4 Å². The molecule has 1 aliphatic rings. The molecule has 0 aromatic heterocycles. The van der Waals surface area contributed by atoms with Gasteiger partial charge in [-0.2, -0.15) is 0 Å². The standard InChI is InChI=1S/C20H21FN4O3/c1-25-17-7-2-3-8-18(17)28-12-16(20(25)27)24-19(26)15(22)11-23-10-13-5-4-6-14(21)9-13/h2-9,11,16,23H,10,12,22H2,1H3,(H,24,26)/b15-11-/t16-/m0/s1. The van der Waals surface area contributed by atoms with Crippen molar-refractivity contribution in [3.8, 4) is 5.75 Å². The van der Waals surface area contributed by atoms with Crippen LogP contribution in [0.25, 0.3) is 0 Å². The minimum atomic E-state index is -0.875. The molecule has 0 aliphatic carbocycles. The van der Waals surface area contributed by atoms with E-state index in [9.17, 15) is 14.0 Å². The zero-order chi connectivity index (χ0) is 20.1. The van der Waals surface area contributed by atoms with Crippen molar-refractivity contribution in [2.75, 3.05) is 18.6 Å². The van der Waals surface area contributed by atoms with Gasteiger partial charge in [0.15, 0.2) is 0 Å². The molecule has 4 N–H and O–H groups in total. The third-order valence-corrected chi connectivity index (χ3v) is 4.28. The first-order valence-electron chi connectivity index (χ1n) is 8.69. The number of hydrogen-bond donors (Lipinski definition) is 3. The molecule has 0 spiro atoms. The minimum Gasteiger partial charge on any atom is -0.489 e. The fourth-order valence-electron chi connectivity index (χ4n) is 2.79. The van der Waals surface area contributed by atoms with Crippen molar-refractivity contribution < 1.29 is 18.7 Å². The maximum atomic E-state index is 13.2. The lowest BCUT2D eigenvalue weighted by molar-refractivity contribution is -0.126. The summed E-state index contributed by atoms with van der Waals surface area (Å²) < 4.78 is 18.8. The van der Waals surface area contributed by atoms with Gasteiger partial charge in [0.05, 0.1) is 5.69 Å². The number of carbonyl (C=O) groups is 2. The molecule has 2 amide bonds. The number of fused-ring (bicyclic) bond motifs is 1. The minimum absolute atomic E-state index is 0.00404. The first kappa shape index (κ1) is 19.2. The van der Waals surface area contributed by atoms with Crippen molar-refractivity contribution in [2.24, 2.45) is 5.73 Å². The zero-order valence-corrected chi connectivity index (χ0v) is 15.3. The summed E-state index contributed by atoms with van der Waals surface area (Å²) in [6, 6.07) is 12.3. The summed E-state index contributed by atoms with van der Waals surface area (Å²) >= 11 is 0. The lowest BCUT2D eigenvalue weighted by Gasteiger charge is -2.20. The monoisotopic (exact) mass is 384 g/mol. The molecule has 1 aliphatic heterocycles. The zero-order valence-electron chi connectivity index (χ0n) is 15.3. The first-order chi connectivity index (χ1) is 13.5. The predicted octanol–water partition coefficient (Wildman–Crippen LogP) is 1.26. The van der Waals surface area contributed by atoms with E-state index in [1.165, 1.54) is 23.2 Å². The molecule has 2 aromatic rings. The number of benzene rings is 2. The number of likely N-dealkylation sites (N-methyl/N-ethyl adjacent to an activating group) is 1. The Labute approximate surface area is 162 Å². The molecular weight excluding hydrogens is 363 g/mol. The van der Waals surface area contributed by atoms with Gasteiger partial charge in [-0.05, 0) is 29.8 Å². The summed E-state index contributed by atoms with van der Waals surface area (Å²) in [5.74, 6) is -0.687. The van der Waals surface area contributed by atoms with E-state index in [2.05, 4.69) is 10.6 Å². The molecule has 1 heterocycles. The van der Waals surface area contributed by atoms with E-state index < -0.39 is 11.9 Å². The van der Waals surface area contributed by atoms with Crippen molar-refractivity contribution in [1.82, 2.24) is 10.6 Å². The largest absolute Gasteiger partial charge is 0.489 e. The van der Waals surface area contributed by atoms with Crippen LogP contribution in [-0.4, -0.2) is 31.5 Å². The summed E-state index contributed by atoms with van der Waals surface area (Å²) in [5, 5.41) is 5.44. The van der Waals surface area contributed by atoms with Crippen LogP contribution in [0.4, 0.5) is 10.1 Å². The second kappa shape index (κ2) is 8.43. The maximum Gasteiger partial charge on any atom is 0.269 e. The average molecular weight is 384 g/mol. The average Bonchev–Trinajstić information content (AvgIpc) is 2.80. The van der Waals surface area contributed by atoms with Crippen molar-refractivity contribution >= 4 is 17.5 Å². The van der Waals surface area contributed by atoms with E-state index in [1.54, 1.807) is 43.4 Å². The van der Waals surface area contributed by atoms with E-state index >= 15 is 0 Å². The molecule has 0 fully saturated rings. The van der Waals surface area contributed by atoms with Crippen LogP contribution in [-0.2, 0) is 16.1 Å². The highest BCUT2D eigenvalue weighted by Gasteiger charge is 2.30. The van der Waals surface area contributed by atoms with Crippen molar-refractivity contribution in [2.45, 2.75) is 12.6 Å². The number of ether oxygens (including phenoxy) is 1. The molecule has 1 atom stereocenters. The quantitative estimate of drug-likeness (QED) is 0.675. The number of nitrogens with two attached hydrogens (primary N) is 1. The van der Waals surface area contributed by atoms with E-state index in [4.69, 9.17) is 10.5 Å². The van der Waals surface area contributed by atoms with Gasteiger partial charge in [-0.3, -0.25) is 9.59 Å². The summed E-state index contributed by atoms with van der Waals surface area (Å²) in [4.78, 5) is 26.4. The number of halogens is 1. The highest BCUT2D eigenvalue weighted by Crippen LogP contribution is 2.29. The third kappa shape index (κ3) is 4.40. The summed E-state index contributed by atoms with van der Waals surface area (Å²) in [5.41, 5.74) is 7.01. The number of hydrogen-bond acceptors (Lipinski definition) is 5. The molecular formula is C20H21FN4O3. The number of carbonyl (C=O) groups excluding carboxylic acids is 2. The molecule has 8 heteroatoms. The highest BCUT2D eigenvalue weighted by molar-refractivity contribution is 6.02. The van der Waals surface area contributed by atoms with E-state index in [1.807, 2.05) is 0 Å². The van der Waals surface area contributed by atoms with Crippen LogP contribution in [0.1, 0.15) is 5.56 Å². The third-order valence-electron chi connectivity index (χ3n) is 4.28. The van der Waals surface area contributed by atoms with Crippen LogP contribution >= 0.6 is 0 Å². The molecule has 28 heavy (non-hydrogen) atoms. The van der Waals surface area contributed by atoms with Crippen molar-refractivity contribution in [3.05, 3.63) is 71.8 Å². The second-order valence-corrected chi connectivity index (χ2v) is 6.31. The molecule has 0 radical (unpaired) electrons. The van der Waals surface area contributed by atoms with Crippen LogP contribution in [0, 0.1) is 5.82 Å². The molecule has 146 valence electrons. The molecule has 0 saturated heterocycles. The van der Waals surface area contributed by atoms with E-state index in [0.717, 1.165) is 0 Å². The Kier molecular flexibility index (Phi) is 5.78. The smallest absolute Gasteiger partial charge is 0.269 e. The van der Waals surface area contributed by atoms with Gasteiger partial charge >= 0.3 is 0 Å². The summed E-state index contributed by atoms with van der Waals surface area (Å²) in [6.07, 6.45) is 1.32. The number of nitrogens with one attached hydrogen (secondary N) is 2. The van der Waals surface area contributed by atoms with Crippen molar-refractivity contribution in [1.29, 1.82) is 0 Å². The van der Waals surface area contributed by atoms with Crippen LogP contribution in [0.3, 0.4) is 0 Å². The molecule has 7 nitrogen and oxygen atoms in total. The first-order valence-corrected chi connectivity index (χ1v) is 8.69. The van der Waals surface area contributed by atoms with Crippen LogP contribution in [0.2, 0.25) is 0 Å². The Morgan fingerprint density at radius 1 is 1.32 bits per heavy atom. The van der Waals surface area contributed by atoms with Gasteiger partial charge in [-0.15, -0.1) is 0 Å². The Morgan fingerprint density at radius 3 is 2.89 bits per heavy atom. The number of para-hydroxylation sites is 2. The molecule has 2 aromatic carbocycles. The van der Waals surface area contributed by atoms with Gasteiger partial charge in [0.2, 0.25) is 0 Å². The normalized spacial score (nSPS) is 16.6. The van der Waals surface area contributed by atoms with Gasteiger partial charge < -0.3 is 26.0 Å². The summed E-state index contributed by atoms with van der Waals surface area (Å²) in [7, 11) is 1.62. The number of rotatable bonds is 5. The topological polar surface area (TPSA) is 96.7 Å². The van der Waals surface area contributed by atoms with Gasteiger partial charge in [0, 0.05) is 19.8 Å². The predicted molar refractivity (Wildman–Crippen MR) is 103 cm³/mol. The SMILES string of the molecule is CN1C(=O)[C@@H](NC(=O)/C(N)=C/NCc2cccc(F)c2)COc2ccccc21. The Balaban J connectivity index is 1.59. The fourth-order valence-corrected chi connectivity index (χ4v) is 2.79. The number of amides is 2. The summed E-state index contributed by atoms with van der Waals surface area (Å²) in [6.45, 7) is 0.297. The van der Waals surface area contributed by atoms with Crippen LogP contribution < -0.4 is 26.0 Å². The number of anilines is 1. The van der Waals surface area contributed by atoms with E-state index in [-0.39, 0.29) is 24.0 Å². The van der Waals surface area contributed by atoms with Gasteiger partial charge in [-0.25, -0.2) is 4.39 Å². The van der Waals surface area contributed by atoms with Crippen molar-refractivity contribution in [3.63, 3.8) is 0 Å². The Bertz CT molecular complexity index is 916. The lowest BCUT2D eigenvalue weighted by atomic mass is 10.2. The van der Waals surface area contributed by atoms with Gasteiger partial charge in [0.1, 0.15) is 29.9 Å². The second-order valence-electron chi connectivity index (χ2n) is 6.31.